The predicted molar refractivity (Wildman–Crippen MR) is 58.4 cm³/mol. The second-order valence-electron chi connectivity index (χ2n) is 3.91. The predicted octanol–water partition coefficient (Wildman–Crippen LogP) is 1.43. The van der Waals surface area contributed by atoms with Crippen molar-refractivity contribution in [2.45, 2.75) is 19.3 Å². The Bertz CT molecular complexity index is 402. The Balaban J connectivity index is 2.22. The van der Waals surface area contributed by atoms with Crippen molar-refractivity contribution in [2.24, 2.45) is 0 Å². The Morgan fingerprint density at radius 2 is 2.06 bits per heavy atom. The number of amides is 1. The summed E-state index contributed by atoms with van der Waals surface area (Å²) in [5.41, 5.74) is 5.35. The van der Waals surface area contributed by atoms with E-state index in [1.165, 1.54) is 12.3 Å². The van der Waals surface area contributed by atoms with Crippen molar-refractivity contribution in [3.63, 3.8) is 0 Å². The fourth-order valence-corrected chi connectivity index (χ4v) is 1.89. The van der Waals surface area contributed by atoms with Crippen molar-refractivity contribution in [2.75, 3.05) is 18.8 Å². The Morgan fingerprint density at radius 1 is 1.38 bits per heavy atom. The monoisotopic (exact) mass is 223 g/mol. The van der Waals surface area contributed by atoms with Crippen LogP contribution in [-0.4, -0.2) is 28.9 Å². The van der Waals surface area contributed by atoms with Crippen LogP contribution in [0.3, 0.4) is 0 Å². The third kappa shape index (κ3) is 1.98. The van der Waals surface area contributed by atoms with Crippen LogP contribution in [0, 0.1) is 5.82 Å². The van der Waals surface area contributed by atoms with E-state index >= 15 is 0 Å². The van der Waals surface area contributed by atoms with E-state index in [0.29, 0.717) is 13.1 Å². The third-order valence-corrected chi connectivity index (χ3v) is 2.79. The zero-order valence-corrected chi connectivity index (χ0v) is 8.95. The molecule has 4 nitrogen and oxygen atoms in total. The van der Waals surface area contributed by atoms with E-state index in [-0.39, 0.29) is 17.3 Å². The van der Waals surface area contributed by atoms with Gasteiger partial charge in [0.05, 0.1) is 5.56 Å². The van der Waals surface area contributed by atoms with Crippen LogP contribution >= 0.6 is 0 Å². The highest BCUT2D eigenvalue weighted by atomic mass is 19.1. The number of carbonyl (C=O) groups excluding carboxylic acids is 1. The topological polar surface area (TPSA) is 59.2 Å². The summed E-state index contributed by atoms with van der Waals surface area (Å²) in [6.45, 7) is 1.39. The van der Waals surface area contributed by atoms with E-state index < -0.39 is 5.82 Å². The number of nitrogens with zero attached hydrogens (tertiary/aromatic N) is 2. The summed E-state index contributed by atoms with van der Waals surface area (Å²) in [7, 11) is 0. The number of nitrogens with two attached hydrogens (primary N) is 1. The van der Waals surface area contributed by atoms with Crippen LogP contribution in [0.5, 0.6) is 0 Å². The molecule has 0 saturated carbocycles. The Hall–Kier alpha value is -1.65. The number of piperidine rings is 1. The van der Waals surface area contributed by atoms with E-state index in [1.54, 1.807) is 4.90 Å². The van der Waals surface area contributed by atoms with Gasteiger partial charge in [0.15, 0.2) is 11.6 Å². The van der Waals surface area contributed by atoms with Crippen LogP contribution in [-0.2, 0) is 0 Å². The second-order valence-corrected chi connectivity index (χ2v) is 3.91. The fourth-order valence-electron chi connectivity index (χ4n) is 1.89. The zero-order valence-electron chi connectivity index (χ0n) is 8.95. The van der Waals surface area contributed by atoms with Gasteiger partial charge < -0.3 is 10.6 Å². The molecule has 0 aliphatic carbocycles. The van der Waals surface area contributed by atoms with Crippen molar-refractivity contribution in [1.82, 2.24) is 9.88 Å². The summed E-state index contributed by atoms with van der Waals surface area (Å²) in [4.78, 5) is 17.2. The standard InChI is InChI=1S/C11H14FN3O/c12-9-8(4-5-14-10(9)13)11(16)15-6-2-1-3-7-15/h4-5H,1-3,6-7H2,(H2,13,14). The first kappa shape index (κ1) is 10.9. The molecule has 0 atom stereocenters. The number of halogens is 1. The number of hydrogen-bond donors (Lipinski definition) is 1. The molecule has 1 aromatic rings. The van der Waals surface area contributed by atoms with Crippen LogP contribution in [0.4, 0.5) is 10.2 Å². The molecule has 1 aromatic heterocycles. The summed E-state index contributed by atoms with van der Waals surface area (Å²) in [6, 6.07) is 1.38. The lowest BCUT2D eigenvalue weighted by atomic mass is 10.1. The summed E-state index contributed by atoms with van der Waals surface area (Å²) >= 11 is 0. The van der Waals surface area contributed by atoms with E-state index in [0.717, 1.165) is 19.3 Å². The van der Waals surface area contributed by atoms with Gasteiger partial charge in [0.1, 0.15) is 0 Å². The summed E-state index contributed by atoms with van der Waals surface area (Å²) < 4.78 is 13.6. The summed E-state index contributed by atoms with van der Waals surface area (Å²) in [5, 5.41) is 0. The van der Waals surface area contributed by atoms with Gasteiger partial charge in [0.25, 0.3) is 5.91 Å². The average molecular weight is 223 g/mol. The van der Waals surface area contributed by atoms with Crippen LogP contribution in [0.2, 0.25) is 0 Å². The molecule has 1 aliphatic heterocycles. The first-order chi connectivity index (χ1) is 7.70. The van der Waals surface area contributed by atoms with Crippen LogP contribution < -0.4 is 5.73 Å². The largest absolute Gasteiger partial charge is 0.381 e. The summed E-state index contributed by atoms with van der Waals surface area (Å²) in [5.74, 6) is -1.22. The lowest BCUT2D eigenvalue weighted by Crippen LogP contribution is -2.36. The number of hydrogen-bond acceptors (Lipinski definition) is 3. The van der Waals surface area contributed by atoms with Crippen molar-refractivity contribution in [1.29, 1.82) is 0 Å². The molecular formula is C11H14FN3O. The van der Waals surface area contributed by atoms with Gasteiger partial charge in [-0.1, -0.05) is 0 Å². The minimum atomic E-state index is -0.710. The molecule has 0 aromatic carbocycles. The molecule has 2 N–H and O–H groups in total. The highest BCUT2D eigenvalue weighted by Crippen LogP contribution is 2.17. The maximum Gasteiger partial charge on any atom is 0.257 e. The first-order valence-electron chi connectivity index (χ1n) is 5.39. The number of nitrogen functional groups attached to an aromatic ring is 1. The zero-order chi connectivity index (χ0) is 11.5. The number of rotatable bonds is 1. The van der Waals surface area contributed by atoms with Crippen molar-refractivity contribution < 1.29 is 9.18 Å². The number of anilines is 1. The lowest BCUT2D eigenvalue weighted by molar-refractivity contribution is 0.0719. The number of aromatic nitrogens is 1. The molecule has 2 rings (SSSR count). The molecule has 0 spiro atoms. The van der Waals surface area contributed by atoms with Crippen LogP contribution in [0.15, 0.2) is 12.3 Å². The highest BCUT2D eigenvalue weighted by Gasteiger charge is 2.22. The second kappa shape index (κ2) is 4.47. The van der Waals surface area contributed by atoms with Gasteiger partial charge in [0.2, 0.25) is 0 Å². The molecule has 1 aliphatic rings. The SMILES string of the molecule is Nc1nccc(C(=O)N2CCCCC2)c1F. The van der Waals surface area contributed by atoms with Gasteiger partial charge >= 0.3 is 0 Å². The minimum absolute atomic E-state index is 0.0226. The molecule has 2 heterocycles. The van der Waals surface area contributed by atoms with Gasteiger partial charge in [-0.15, -0.1) is 0 Å². The van der Waals surface area contributed by atoms with Crippen LogP contribution in [0.25, 0.3) is 0 Å². The maximum absolute atomic E-state index is 13.6. The summed E-state index contributed by atoms with van der Waals surface area (Å²) in [6.07, 6.45) is 4.45. The normalized spacial score (nSPS) is 16.2. The molecule has 1 fully saturated rings. The molecule has 1 saturated heterocycles. The maximum atomic E-state index is 13.6. The Kier molecular flexibility index (Phi) is 3.03. The molecule has 5 heteroatoms. The molecule has 86 valence electrons. The van der Waals surface area contributed by atoms with Gasteiger partial charge in [-0.3, -0.25) is 4.79 Å². The fraction of sp³-hybridized carbons (Fsp3) is 0.455. The molecule has 0 bridgehead atoms. The van der Waals surface area contributed by atoms with E-state index in [2.05, 4.69) is 4.98 Å². The van der Waals surface area contributed by atoms with E-state index in [9.17, 15) is 9.18 Å². The van der Waals surface area contributed by atoms with Crippen molar-refractivity contribution in [3.05, 3.63) is 23.6 Å². The molecule has 0 unspecified atom stereocenters. The van der Waals surface area contributed by atoms with Crippen LogP contribution in [0.1, 0.15) is 29.6 Å². The molecule has 16 heavy (non-hydrogen) atoms. The van der Waals surface area contributed by atoms with E-state index in [4.69, 9.17) is 5.73 Å². The van der Waals surface area contributed by atoms with E-state index in [1.807, 2.05) is 0 Å². The smallest absolute Gasteiger partial charge is 0.257 e. The molecule has 1 amide bonds. The number of carbonyl (C=O) groups is 1. The van der Waals surface area contributed by atoms with Gasteiger partial charge in [-0.2, -0.15) is 0 Å². The van der Waals surface area contributed by atoms with Crippen molar-refractivity contribution >= 4 is 11.7 Å². The van der Waals surface area contributed by atoms with Gasteiger partial charge in [-0.25, -0.2) is 9.37 Å². The Labute approximate surface area is 93.3 Å². The number of pyridine rings is 1. The Morgan fingerprint density at radius 3 is 2.75 bits per heavy atom. The average Bonchev–Trinajstić information content (AvgIpc) is 2.33. The van der Waals surface area contributed by atoms with Crippen molar-refractivity contribution in [3.8, 4) is 0 Å². The quantitative estimate of drug-likeness (QED) is 0.783. The highest BCUT2D eigenvalue weighted by molar-refractivity contribution is 5.95. The molecule has 0 radical (unpaired) electrons. The molecular weight excluding hydrogens is 209 g/mol. The van der Waals surface area contributed by atoms with Gasteiger partial charge in [0, 0.05) is 19.3 Å². The minimum Gasteiger partial charge on any atom is -0.381 e. The third-order valence-electron chi connectivity index (χ3n) is 2.79. The lowest BCUT2D eigenvalue weighted by Gasteiger charge is -2.26. The number of likely N-dealkylation sites (tertiary alicyclic amines) is 1. The first-order valence-corrected chi connectivity index (χ1v) is 5.39. The van der Waals surface area contributed by atoms with Gasteiger partial charge in [-0.05, 0) is 25.3 Å².